The zero-order chi connectivity index (χ0) is 27.9. The van der Waals surface area contributed by atoms with Crippen molar-refractivity contribution >= 4 is 34.6 Å². The van der Waals surface area contributed by atoms with E-state index in [4.69, 9.17) is 22.1 Å². The van der Waals surface area contributed by atoms with Crippen LogP contribution in [0.25, 0.3) is 11.0 Å². The van der Waals surface area contributed by atoms with Crippen LogP contribution in [-0.2, 0) is 13.2 Å². The molecule has 0 saturated heterocycles. The minimum absolute atomic E-state index is 0.00183. The highest BCUT2D eigenvalue weighted by Crippen LogP contribution is 2.23. The standard InChI is InChI=1S/C25H21ClF2N4O6/c1-25(2,37)22(34)31-17-6-3-13(9-18(17)32(23(29)35)24(31)36)11-30-8-7-19(20(26)21(30)33)38-12-14-4-5-15(27)10-16(14)28/h3-10,37H,11-12H2,1-2H3,(H2,29,35). The summed E-state index contributed by atoms with van der Waals surface area (Å²) in [6, 6.07) is 7.55. The zero-order valence-electron chi connectivity index (χ0n) is 20.1. The van der Waals surface area contributed by atoms with Crippen molar-refractivity contribution in [2.24, 2.45) is 5.73 Å². The SMILES string of the molecule is CC(C)(O)C(=O)n1c(=O)n(C(N)=O)c2cc(Cn3ccc(OCc4ccc(F)cc4F)c(Cl)c3=O)ccc21. The van der Waals surface area contributed by atoms with Crippen molar-refractivity contribution in [3.63, 3.8) is 0 Å². The molecule has 0 unspecified atom stereocenters. The number of aromatic nitrogens is 3. The smallest absolute Gasteiger partial charge is 0.344 e. The van der Waals surface area contributed by atoms with Gasteiger partial charge in [-0.3, -0.25) is 9.59 Å². The number of aliphatic hydroxyl groups is 1. The lowest BCUT2D eigenvalue weighted by Crippen LogP contribution is -2.43. The van der Waals surface area contributed by atoms with Crippen LogP contribution in [0.5, 0.6) is 5.75 Å². The lowest BCUT2D eigenvalue weighted by molar-refractivity contribution is 0.0392. The fraction of sp³-hybridized carbons (Fsp3) is 0.200. The van der Waals surface area contributed by atoms with Gasteiger partial charge < -0.3 is 20.1 Å². The topological polar surface area (TPSA) is 139 Å². The van der Waals surface area contributed by atoms with Gasteiger partial charge in [-0.25, -0.2) is 27.5 Å². The molecule has 13 heteroatoms. The number of nitrogens with two attached hydrogens (primary N) is 1. The first-order chi connectivity index (χ1) is 17.8. The predicted octanol–water partition coefficient (Wildman–Crippen LogP) is 2.86. The van der Waals surface area contributed by atoms with Crippen LogP contribution < -0.4 is 21.7 Å². The average molecular weight is 547 g/mol. The van der Waals surface area contributed by atoms with Gasteiger partial charge in [0.05, 0.1) is 17.6 Å². The van der Waals surface area contributed by atoms with Gasteiger partial charge in [0.25, 0.3) is 11.5 Å². The molecule has 38 heavy (non-hydrogen) atoms. The largest absolute Gasteiger partial charge is 0.487 e. The minimum Gasteiger partial charge on any atom is -0.487 e. The molecule has 4 aromatic rings. The van der Waals surface area contributed by atoms with Crippen LogP contribution in [0.4, 0.5) is 13.6 Å². The van der Waals surface area contributed by atoms with E-state index in [-0.39, 0.29) is 40.5 Å². The van der Waals surface area contributed by atoms with E-state index in [0.29, 0.717) is 20.8 Å². The van der Waals surface area contributed by atoms with Gasteiger partial charge in [-0.2, -0.15) is 0 Å². The van der Waals surface area contributed by atoms with E-state index >= 15 is 0 Å². The third kappa shape index (κ3) is 4.95. The van der Waals surface area contributed by atoms with Crippen LogP contribution in [-0.4, -0.2) is 36.3 Å². The highest BCUT2D eigenvalue weighted by atomic mass is 35.5. The monoisotopic (exact) mass is 546 g/mol. The molecule has 0 aliphatic heterocycles. The molecule has 2 heterocycles. The normalized spacial score (nSPS) is 11.6. The molecule has 198 valence electrons. The first kappa shape index (κ1) is 26.8. The third-order valence-electron chi connectivity index (χ3n) is 5.67. The lowest BCUT2D eigenvalue weighted by Gasteiger charge is -2.15. The Kier molecular flexibility index (Phi) is 6.96. The highest BCUT2D eigenvalue weighted by molar-refractivity contribution is 6.31. The third-order valence-corrected chi connectivity index (χ3v) is 6.02. The predicted molar refractivity (Wildman–Crippen MR) is 134 cm³/mol. The molecule has 2 aromatic heterocycles. The molecule has 0 spiro atoms. The van der Waals surface area contributed by atoms with Crippen LogP contribution in [0.1, 0.15) is 29.8 Å². The molecule has 2 aromatic carbocycles. The fourth-order valence-electron chi connectivity index (χ4n) is 3.78. The van der Waals surface area contributed by atoms with Crippen LogP contribution in [0, 0.1) is 11.6 Å². The summed E-state index contributed by atoms with van der Waals surface area (Å²) in [7, 11) is 0. The number of fused-ring (bicyclic) bond motifs is 1. The molecule has 0 radical (unpaired) electrons. The van der Waals surface area contributed by atoms with E-state index in [9.17, 15) is 33.1 Å². The number of hydrogen-bond donors (Lipinski definition) is 2. The second-order valence-electron chi connectivity index (χ2n) is 8.93. The highest BCUT2D eigenvalue weighted by Gasteiger charge is 2.31. The number of nitrogens with zero attached hydrogens (tertiary/aromatic N) is 3. The van der Waals surface area contributed by atoms with E-state index in [1.807, 2.05) is 0 Å². The number of hydrogen-bond acceptors (Lipinski definition) is 6. The number of amides is 1. The zero-order valence-corrected chi connectivity index (χ0v) is 20.8. The number of imidazole rings is 1. The van der Waals surface area contributed by atoms with Crippen molar-refractivity contribution < 1.29 is 28.2 Å². The molecule has 3 N–H and O–H groups in total. The van der Waals surface area contributed by atoms with Gasteiger partial charge in [-0.15, -0.1) is 0 Å². The second kappa shape index (κ2) is 9.88. The van der Waals surface area contributed by atoms with Crippen LogP contribution >= 0.6 is 11.6 Å². The van der Waals surface area contributed by atoms with E-state index in [2.05, 4.69) is 0 Å². The Morgan fingerprint density at radius 3 is 2.39 bits per heavy atom. The Morgan fingerprint density at radius 1 is 1.05 bits per heavy atom. The maximum atomic E-state index is 13.9. The van der Waals surface area contributed by atoms with Gasteiger partial charge in [-0.05, 0) is 49.7 Å². The molecule has 0 aliphatic rings. The number of pyridine rings is 1. The second-order valence-corrected chi connectivity index (χ2v) is 9.31. The summed E-state index contributed by atoms with van der Waals surface area (Å²) in [5, 5.41) is 9.81. The maximum absolute atomic E-state index is 13.9. The van der Waals surface area contributed by atoms with Crippen LogP contribution in [0.3, 0.4) is 0 Å². The van der Waals surface area contributed by atoms with E-state index in [0.717, 1.165) is 6.07 Å². The van der Waals surface area contributed by atoms with Gasteiger partial charge >= 0.3 is 11.7 Å². The van der Waals surface area contributed by atoms with Crippen molar-refractivity contribution in [1.29, 1.82) is 0 Å². The summed E-state index contributed by atoms with van der Waals surface area (Å²) in [5.41, 5.74) is 2.30. The number of rotatable bonds is 6. The molecule has 0 saturated carbocycles. The van der Waals surface area contributed by atoms with Crippen LogP contribution in [0.15, 0.2) is 58.3 Å². The Labute approximate surface area is 218 Å². The van der Waals surface area contributed by atoms with Crippen molar-refractivity contribution in [2.45, 2.75) is 32.6 Å². The molecule has 10 nitrogen and oxygen atoms in total. The lowest BCUT2D eigenvalue weighted by atomic mass is 10.1. The quantitative estimate of drug-likeness (QED) is 0.381. The summed E-state index contributed by atoms with van der Waals surface area (Å²) in [6.07, 6.45) is 1.37. The summed E-state index contributed by atoms with van der Waals surface area (Å²) in [5.74, 6) is -2.52. The molecule has 0 atom stereocenters. The van der Waals surface area contributed by atoms with Crippen LogP contribution in [0.2, 0.25) is 5.02 Å². The van der Waals surface area contributed by atoms with Crippen molar-refractivity contribution in [3.05, 3.63) is 97.3 Å². The number of halogens is 3. The molecule has 0 aliphatic carbocycles. The Hall–Kier alpha value is -4.29. The van der Waals surface area contributed by atoms with Gasteiger partial charge in [0.2, 0.25) is 0 Å². The average Bonchev–Trinajstić information content (AvgIpc) is 3.12. The minimum atomic E-state index is -1.91. The van der Waals surface area contributed by atoms with Gasteiger partial charge in [0.15, 0.2) is 0 Å². The Bertz CT molecular complexity index is 1720. The molecule has 1 amide bonds. The number of primary amides is 1. The maximum Gasteiger partial charge on any atom is 0.344 e. The van der Waals surface area contributed by atoms with Gasteiger partial charge in [-0.1, -0.05) is 17.7 Å². The summed E-state index contributed by atoms with van der Waals surface area (Å²) < 4.78 is 34.9. The summed E-state index contributed by atoms with van der Waals surface area (Å²) in [4.78, 5) is 50.3. The molecule has 0 fully saturated rings. The molecule has 0 bridgehead atoms. The first-order valence-electron chi connectivity index (χ1n) is 11.1. The van der Waals surface area contributed by atoms with Gasteiger partial charge in [0.1, 0.15) is 34.6 Å². The van der Waals surface area contributed by atoms with E-state index < -0.39 is 40.4 Å². The van der Waals surface area contributed by atoms with E-state index in [1.165, 1.54) is 54.9 Å². The molecular weight excluding hydrogens is 526 g/mol. The fourth-order valence-corrected chi connectivity index (χ4v) is 4.01. The first-order valence-corrected chi connectivity index (χ1v) is 11.5. The van der Waals surface area contributed by atoms with Crippen molar-refractivity contribution in [2.75, 3.05) is 0 Å². The molecule has 4 rings (SSSR count). The van der Waals surface area contributed by atoms with E-state index in [1.54, 1.807) is 0 Å². The van der Waals surface area contributed by atoms with Gasteiger partial charge in [0, 0.05) is 17.8 Å². The number of carbonyl (C=O) groups excluding carboxylic acids is 2. The Morgan fingerprint density at radius 2 is 1.76 bits per heavy atom. The Balaban J connectivity index is 1.66. The summed E-state index contributed by atoms with van der Waals surface area (Å²) in [6.45, 7) is 2.04. The van der Waals surface area contributed by atoms with Crippen molar-refractivity contribution in [1.82, 2.24) is 13.7 Å². The number of carbonyl (C=O) groups is 2. The molecular formula is C25H21ClF2N4O6. The number of ether oxygens (including phenoxy) is 1. The number of benzene rings is 2. The van der Waals surface area contributed by atoms with Crippen molar-refractivity contribution in [3.8, 4) is 5.75 Å². The summed E-state index contributed by atoms with van der Waals surface area (Å²) >= 11 is 6.18.